The fourth-order valence-corrected chi connectivity index (χ4v) is 4.08. The summed E-state index contributed by atoms with van der Waals surface area (Å²) in [7, 11) is 0. The van der Waals surface area contributed by atoms with Gasteiger partial charge in [-0.15, -0.1) is 23.5 Å². The van der Waals surface area contributed by atoms with Crippen LogP contribution in [0, 0.1) is 0 Å². The first-order valence-electron chi connectivity index (χ1n) is 6.58. The van der Waals surface area contributed by atoms with Crippen LogP contribution in [0.3, 0.4) is 0 Å². The molecular formula is C13H28S2. The Morgan fingerprint density at radius 1 is 0.733 bits per heavy atom. The van der Waals surface area contributed by atoms with Crippen LogP contribution in [-0.2, 0) is 0 Å². The molecule has 0 amide bonds. The summed E-state index contributed by atoms with van der Waals surface area (Å²) in [5.74, 6) is 2.68. The second-order valence-electron chi connectivity index (χ2n) is 4.02. The third-order valence-corrected chi connectivity index (χ3v) is 5.63. The molecule has 2 heteroatoms. The molecule has 15 heavy (non-hydrogen) atoms. The number of unbranched alkanes of at least 4 members (excludes halogenated alkanes) is 3. The van der Waals surface area contributed by atoms with Crippen LogP contribution in [0.1, 0.15) is 65.7 Å². The number of thioether (sulfide) groups is 2. The van der Waals surface area contributed by atoms with E-state index in [0.29, 0.717) is 0 Å². The molecule has 0 bridgehead atoms. The van der Waals surface area contributed by atoms with Crippen LogP contribution in [-0.4, -0.2) is 16.1 Å². The van der Waals surface area contributed by atoms with E-state index in [0.717, 1.165) is 4.58 Å². The summed E-state index contributed by atoms with van der Waals surface area (Å²) in [6.07, 6.45) is 9.72. The van der Waals surface area contributed by atoms with Crippen molar-refractivity contribution in [3.8, 4) is 0 Å². The van der Waals surface area contributed by atoms with Crippen molar-refractivity contribution in [2.75, 3.05) is 11.5 Å². The predicted octanol–water partition coefficient (Wildman–Crippen LogP) is 5.57. The highest BCUT2D eigenvalue weighted by atomic mass is 32.2. The lowest BCUT2D eigenvalue weighted by atomic mass is 10.2. The van der Waals surface area contributed by atoms with Gasteiger partial charge < -0.3 is 0 Å². The highest BCUT2D eigenvalue weighted by Gasteiger charge is 2.08. The average Bonchev–Trinajstić information content (AvgIpc) is 2.27. The van der Waals surface area contributed by atoms with Gasteiger partial charge in [0.2, 0.25) is 0 Å². The molecule has 0 rings (SSSR count). The van der Waals surface area contributed by atoms with Gasteiger partial charge in [0.15, 0.2) is 0 Å². The summed E-state index contributed by atoms with van der Waals surface area (Å²) in [4.78, 5) is 0. The highest BCUT2D eigenvalue weighted by molar-refractivity contribution is 8.17. The standard InChI is InChI=1S/C13H28S2/c1-4-7-8-9-10-13(14-11-5-2)15-12-6-3/h13H,4-12H2,1-3H3. The number of hydrogen-bond donors (Lipinski definition) is 0. The molecule has 0 aliphatic rings. The monoisotopic (exact) mass is 248 g/mol. The largest absolute Gasteiger partial charge is 0.148 e. The van der Waals surface area contributed by atoms with E-state index in [1.165, 1.54) is 56.5 Å². The zero-order chi connectivity index (χ0) is 11.4. The molecule has 0 radical (unpaired) electrons. The lowest BCUT2D eigenvalue weighted by Gasteiger charge is -2.15. The molecule has 0 aromatic carbocycles. The van der Waals surface area contributed by atoms with Crippen molar-refractivity contribution in [3.63, 3.8) is 0 Å². The van der Waals surface area contributed by atoms with Crippen LogP contribution in [0.15, 0.2) is 0 Å². The Morgan fingerprint density at radius 2 is 1.33 bits per heavy atom. The topological polar surface area (TPSA) is 0 Å². The van der Waals surface area contributed by atoms with Gasteiger partial charge in [-0.3, -0.25) is 0 Å². The normalized spacial score (nSPS) is 11.2. The van der Waals surface area contributed by atoms with Crippen LogP contribution >= 0.6 is 23.5 Å². The zero-order valence-corrected chi connectivity index (χ0v) is 12.4. The minimum Gasteiger partial charge on any atom is -0.148 e. The van der Waals surface area contributed by atoms with Crippen LogP contribution < -0.4 is 0 Å². The summed E-state index contributed by atoms with van der Waals surface area (Å²) in [5.41, 5.74) is 0. The first kappa shape index (κ1) is 15.7. The Hall–Kier alpha value is 0.700. The average molecular weight is 249 g/mol. The molecular weight excluding hydrogens is 220 g/mol. The van der Waals surface area contributed by atoms with Crippen molar-refractivity contribution in [2.24, 2.45) is 0 Å². The lowest BCUT2D eigenvalue weighted by molar-refractivity contribution is 0.652. The Labute approximate surface area is 105 Å². The van der Waals surface area contributed by atoms with Gasteiger partial charge in [0.1, 0.15) is 0 Å². The molecule has 0 aromatic heterocycles. The van der Waals surface area contributed by atoms with Gasteiger partial charge in [0, 0.05) is 0 Å². The second-order valence-corrected chi connectivity index (χ2v) is 6.94. The van der Waals surface area contributed by atoms with Crippen molar-refractivity contribution in [2.45, 2.75) is 70.3 Å². The van der Waals surface area contributed by atoms with Crippen molar-refractivity contribution >= 4 is 23.5 Å². The fourth-order valence-electron chi connectivity index (χ4n) is 1.45. The molecule has 0 N–H and O–H groups in total. The Kier molecular flexibility index (Phi) is 13.4. The SMILES string of the molecule is CCCCCCC(SCCC)SCCC. The molecule has 0 fully saturated rings. The van der Waals surface area contributed by atoms with Crippen LogP contribution in [0.2, 0.25) is 0 Å². The van der Waals surface area contributed by atoms with E-state index >= 15 is 0 Å². The van der Waals surface area contributed by atoms with Gasteiger partial charge in [0.05, 0.1) is 4.58 Å². The molecule has 0 nitrogen and oxygen atoms in total. The van der Waals surface area contributed by atoms with Crippen LogP contribution in [0.5, 0.6) is 0 Å². The van der Waals surface area contributed by atoms with E-state index in [2.05, 4.69) is 44.3 Å². The fraction of sp³-hybridized carbons (Fsp3) is 1.00. The van der Waals surface area contributed by atoms with Gasteiger partial charge in [0.25, 0.3) is 0 Å². The highest BCUT2D eigenvalue weighted by Crippen LogP contribution is 2.29. The van der Waals surface area contributed by atoms with Crippen molar-refractivity contribution in [3.05, 3.63) is 0 Å². The molecule has 0 heterocycles. The third-order valence-electron chi connectivity index (χ3n) is 2.31. The smallest absolute Gasteiger partial charge is 0.0502 e. The lowest BCUT2D eigenvalue weighted by Crippen LogP contribution is -2.00. The van der Waals surface area contributed by atoms with E-state index in [1.807, 2.05) is 0 Å². The van der Waals surface area contributed by atoms with E-state index < -0.39 is 0 Å². The predicted molar refractivity (Wildman–Crippen MR) is 78.0 cm³/mol. The molecule has 0 aliphatic carbocycles. The maximum Gasteiger partial charge on any atom is 0.0502 e. The van der Waals surface area contributed by atoms with E-state index in [1.54, 1.807) is 0 Å². The third kappa shape index (κ3) is 11.0. The second kappa shape index (κ2) is 12.8. The minimum absolute atomic E-state index is 0.877. The zero-order valence-electron chi connectivity index (χ0n) is 10.8. The first-order chi connectivity index (χ1) is 7.35. The van der Waals surface area contributed by atoms with Gasteiger partial charge in [-0.2, -0.15) is 0 Å². The maximum atomic E-state index is 2.29. The van der Waals surface area contributed by atoms with Crippen LogP contribution in [0.25, 0.3) is 0 Å². The Balaban J connectivity index is 3.49. The molecule has 92 valence electrons. The maximum absolute atomic E-state index is 2.29. The summed E-state index contributed by atoms with van der Waals surface area (Å²) in [6, 6.07) is 0. The van der Waals surface area contributed by atoms with Gasteiger partial charge >= 0.3 is 0 Å². The summed E-state index contributed by atoms with van der Waals surface area (Å²) in [6.45, 7) is 6.85. The molecule has 0 saturated heterocycles. The quantitative estimate of drug-likeness (QED) is 0.346. The van der Waals surface area contributed by atoms with Crippen molar-refractivity contribution in [1.29, 1.82) is 0 Å². The Morgan fingerprint density at radius 3 is 1.80 bits per heavy atom. The summed E-state index contributed by atoms with van der Waals surface area (Å²) in [5, 5.41) is 0. The molecule has 0 unspecified atom stereocenters. The number of hydrogen-bond acceptors (Lipinski definition) is 2. The van der Waals surface area contributed by atoms with Gasteiger partial charge in [-0.05, 0) is 30.8 Å². The summed E-state index contributed by atoms with van der Waals surface area (Å²) < 4.78 is 0.877. The van der Waals surface area contributed by atoms with E-state index in [4.69, 9.17) is 0 Å². The molecule has 0 aliphatic heterocycles. The van der Waals surface area contributed by atoms with Crippen molar-refractivity contribution in [1.82, 2.24) is 0 Å². The summed E-state index contributed by atoms with van der Waals surface area (Å²) >= 11 is 4.36. The Bertz CT molecular complexity index is 107. The van der Waals surface area contributed by atoms with Gasteiger partial charge in [-0.1, -0.05) is 46.5 Å². The molecule has 0 aromatic rings. The molecule has 0 saturated carbocycles. The van der Waals surface area contributed by atoms with Gasteiger partial charge in [-0.25, -0.2) is 0 Å². The first-order valence-corrected chi connectivity index (χ1v) is 8.68. The molecule has 0 atom stereocenters. The number of rotatable bonds is 11. The minimum atomic E-state index is 0.877. The molecule has 0 spiro atoms. The van der Waals surface area contributed by atoms with E-state index in [-0.39, 0.29) is 0 Å². The van der Waals surface area contributed by atoms with Crippen LogP contribution in [0.4, 0.5) is 0 Å². The van der Waals surface area contributed by atoms with E-state index in [9.17, 15) is 0 Å². The van der Waals surface area contributed by atoms with Crippen molar-refractivity contribution < 1.29 is 0 Å².